The molecule has 0 unspecified atom stereocenters. The highest BCUT2D eigenvalue weighted by molar-refractivity contribution is 5.97. The Bertz CT molecular complexity index is 1100. The topological polar surface area (TPSA) is 175 Å². The van der Waals surface area contributed by atoms with E-state index in [-0.39, 0.29) is 42.5 Å². The molecule has 0 fully saturated rings. The van der Waals surface area contributed by atoms with E-state index >= 15 is 0 Å². The van der Waals surface area contributed by atoms with E-state index in [1.165, 1.54) is 18.2 Å². The van der Waals surface area contributed by atoms with E-state index in [0.717, 1.165) is 5.56 Å². The van der Waals surface area contributed by atoms with Crippen LogP contribution in [0, 0.1) is 5.41 Å². The molecule has 12 nitrogen and oxygen atoms in total. The quantitative estimate of drug-likeness (QED) is 0.226. The average Bonchev–Trinajstić information content (AvgIpc) is 2.86. The van der Waals surface area contributed by atoms with Crippen LogP contribution < -0.4 is 26.0 Å². The molecule has 0 aliphatic carbocycles. The van der Waals surface area contributed by atoms with Crippen molar-refractivity contribution in [2.45, 2.75) is 33.4 Å². The molecule has 12 heteroatoms. The lowest BCUT2D eigenvalue weighted by atomic mass is 9.99. The number of carboxylic acids is 1. The lowest BCUT2D eigenvalue weighted by Gasteiger charge is -2.20. The minimum Gasteiger partial charge on any atom is -0.507 e. The van der Waals surface area contributed by atoms with Gasteiger partial charge in [-0.1, -0.05) is 51.1 Å². The van der Waals surface area contributed by atoms with Crippen molar-refractivity contribution in [1.29, 1.82) is 0 Å². The molecule has 0 aliphatic heterocycles. The number of carbonyl (C=O) groups excluding carboxylic acids is 3. The second-order valence-corrected chi connectivity index (χ2v) is 9.50. The number of aliphatic carboxylic acids is 1. The molecule has 2 aromatic rings. The molecule has 38 heavy (non-hydrogen) atoms. The molecule has 0 saturated heterocycles. The summed E-state index contributed by atoms with van der Waals surface area (Å²) in [4.78, 5) is 47.6. The van der Waals surface area contributed by atoms with Gasteiger partial charge in [-0.3, -0.25) is 4.79 Å². The summed E-state index contributed by atoms with van der Waals surface area (Å²) in [7, 11) is 0. The van der Waals surface area contributed by atoms with Gasteiger partial charge in [0.2, 0.25) is 0 Å². The van der Waals surface area contributed by atoms with Crippen LogP contribution in [0.5, 0.6) is 11.5 Å². The van der Waals surface area contributed by atoms with Crippen molar-refractivity contribution in [3.8, 4) is 11.5 Å². The first-order chi connectivity index (χ1) is 17.9. The second-order valence-electron chi connectivity index (χ2n) is 9.50. The fourth-order valence-electron chi connectivity index (χ4n) is 2.92. The Labute approximate surface area is 220 Å². The van der Waals surface area contributed by atoms with Crippen molar-refractivity contribution >= 4 is 24.0 Å². The molecular formula is C26H34N4O8. The predicted molar refractivity (Wildman–Crippen MR) is 138 cm³/mol. The Morgan fingerprint density at radius 3 is 2.32 bits per heavy atom. The fraction of sp³-hybridized carbons (Fsp3) is 0.385. The molecule has 0 aromatic heterocycles. The third-order valence-electron chi connectivity index (χ3n) is 4.86. The number of phenolic OH excluding ortho intramolecular Hbond substituents is 1. The predicted octanol–water partition coefficient (Wildman–Crippen LogP) is 2.23. The Morgan fingerprint density at radius 1 is 0.974 bits per heavy atom. The van der Waals surface area contributed by atoms with Crippen LogP contribution in [0.25, 0.3) is 0 Å². The van der Waals surface area contributed by atoms with Crippen LogP contribution >= 0.6 is 0 Å². The zero-order chi connectivity index (χ0) is 28.1. The van der Waals surface area contributed by atoms with Crippen molar-refractivity contribution in [1.82, 2.24) is 21.3 Å². The number of benzene rings is 2. The van der Waals surface area contributed by atoms with Gasteiger partial charge in [-0.15, -0.1) is 0 Å². The highest BCUT2D eigenvalue weighted by Gasteiger charge is 2.23. The summed E-state index contributed by atoms with van der Waals surface area (Å²) in [6, 6.07) is 11.6. The van der Waals surface area contributed by atoms with E-state index in [4.69, 9.17) is 9.47 Å². The van der Waals surface area contributed by atoms with Gasteiger partial charge in [-0.2, -0.15) is 0 Å². The van der Waals surface area contributed by atoms with Crippen LogP contribution in [0.4, 0.5) is 9.59 Å². The van der Waals surface area contributed by atoms with Crippen LogP contribution in [0.2, 0.25) is 0 Å². The summed E-state index contributed by atoms with van der Waals surface area (Å²) in [6.07, 6.45) is -0.922. The number of rotatable bonds is 12. The van der Waals surface area contributed by atoms with Gasteiger partial charge in [0.1, 0.15) is 24.1 Å². The van der Waals surface area contributed by atoms with Gasteiger partial charge in [0.05, 0.1) is 18.7 Å². The number of hydrogen-bond donors (Lipinski definition) is 6. The van der Waals surface area contributed by atoms with Gasteiger partial charge < -0.3 is 41.0 Å². The summed E-state index contributed by atoms with van der Waals surface area (Å²) in [5, 5.41) is 29.5. The van der Waals surface area contributed by atoms with Gasteiger partial charge in [-0.25, -0.2) is 14.4 Å². The standard InChI is InChI=1S/C26H34N4O8/c1-26(2,3)16-38-25(36)30-20(23(33)34)15-28-22(32)19-10-9-18(13-21(19)31)37-12-11-27-24(35)29-14-17-7-5-4-6-8-17/h4-10,13,20,31H,11-12,14-16H2,1-3H3,(H,28,32)(H,30,36)(H,33,34)(H2,27,29,35)/t20-/m0/s1. The van der Waals surface area contributed by atoms with E-state index in [2.05, 4.69) is 21.3 Å². The molecule has 4 amide bonds. The Hall–Kier alpha value is -4.48. The van der Waals surface area contributed by atoms with Crippen molar-refractivity contribution in [3.63, 3.8) is 0 Å². The van der Waals surface area contributed by atoms with Crippen molar-refractivity contribution in [2.75, 3.05) is 26.3 Å². The van der Waals surface area contributed by atoms with Gasteiger partial charge in [0.25, 0.3) is 5.91 Å². The van der Waals surface area contributed by atoms with Gasteiger partial charge >= 0.3 is 18.1 Å². The first kappa shape index (κ1) is 29.7. The maximum absolute atomic E-state index is 12.4. The van der Waals surface area contributed by atoms with Gasteiger partial charge in [0.15, 0.2) is 0 Å². The van der Waals surface area contributed by atoms with E-state index in [0.29, 0.717) is 6.54 Å². The molecule has 0 spiro atoms. The maximum Gasteiger partial charge on any atom is 0.407 e. The highest BCUT2D eigenvalue weighted by atomic mass is 16.5. The number of hydrogen-bond acceptors (Lipinski definition) is 7. The summed E-state index contributed by atoms with van der Waals surface area (Å²) < 4.78 is 10.5. The molecule has 0 radical (unpaired) electrons. The Balaban J connectivity index is 1.76. The third kappa shape index (κ3) is 11.1. The van der Waals surface area contributed by atoms with Crippen molar-refractivity contribution in [3.05, 3.63) is 59.7 Å². The van der Waals surface area contributed by atoms with Crippen molar-refractivity contribution < 1.29 is 38.9 Å². The number of alkyl carbamates (subject to hydrolysis) is 1. The molecule has 0 aliphatic rings. The number of carboxylic acid groups (broad SMARTS) is 1. The normalized spacial score (nSPS) is 11.6. The van der Waals surface area contributed by atoms with Gasteiger partial charge in [0, 0.05) is 19.2 Å². The number of carbonyl (C=O) groups is 4. The lowest BCUT2D eigenvalue weighted by Crippen LogP contribution is -2.48. The number of nitrogens with one attached hydrogen (secondary N) is 4. The van der Waals surface area contributed by atoms with E-state index in [9.17, 15) is 29.4 Å². The molecule has 2 aromatic carbocycles. The lowest BCUT2D eigenvalue weighted by molar-refractivity contribution is -0.139. The smallest absolute Gasteiger partial charge is 0.407 e. The average molecular weight is 531 g/mol. The molecule has 0 heterocycles. The zero-order valence-electron chi connectivity index (χ0n) is 21.6. The molecule has 0 saturated carbocycles. The first-order valence-corrected chi connectivity index (χ1v) is 11.9. The third-order valence-corrected chi connectivity index (χ3v) is 4.86. The SMILES string of the molecule is CC(C)(C)COC(=O)N[C@@H](CNC(=O)c1ccc(OCCNC(=O)NCc2ccccc2)cc1O)C(=O)O. The Kier molecular flexibility index (Phi) is 11.2. The molecule has 6 N–H and O–H groups in total. The summed E-state index contributed by atoms with van der Waals surface area (Å²) >= 11 is 0. The number of aromatic hydroxyl groups is 1. The fourth-order valence-corrected chi connectivity index (χ4v) is 2.92. The molecule has 2 rings (SSSR count). The number of amides is 4. The zero-order valence-corrected chi connectivity index (χ0v) is 21.6. The number of ether oxygens (including phenoxy) is 2. The first-order valence-electron chi connectivity index (χ1n) is 11.9. The largest absolute Gasteiger partial charge is 0.507 e. The summed E-state index contributed by atoms with van der Waals surface area (Å²) in [5.41, 5.74) is 0.549. The number of phenols is 1. The highest BCUT2D eigenvalue weighted by Crippen LogP contribution is 2.23. The van der Waals surface area contributed by atoms with Crippen LogP contribution in [-0.4, -0.2) is 66.6 Å². The maximum atomic E-state index is 12.4. The summed E-state index contributed by atoms with van der Waals surface area (Å²) in [5.74, 6) is -2.24. The number of urea groups is 1. The molecule has 1 atom stereocenters. The van der Waals surface area contributed by atoms with Crippen LogP contribution in [0.1, 0.15) is 36.7 Å². The molecular weight excluding hydrogens is 496 g/mol. The van der Waals surface area contributed by atoms with E-state index < -0.39 is 36.3 Å². The molecule has 206 valence electrons. The summed E-state index contributed by atoms with van der Waals surface area (Å²) in [6.45, 7) is 5.89. The van der Waals surface area contributed by atoms with Crippen LogP contribution in [-0.2, 0) is 16.1 Å². The second kappa shape index (κ2) is 14.3. The van der Waals surface area contributed by atoms with Gasteiger partial charge in [-0.05, 0) is 23.1 Å². The minimum atomic E-state index is -1.44. The van der Waals surface area contributed by atoms with Crippen molar-refractivity contribution in [2.24, 2.45) is 5.41 Å². The van der Waals surface area contributed by atoms with E-state index in [1.807, 2.05) is 51.1 Å². The van der Waals surface area contributed by atoms with Crippen LogP contribution in [0.3, 0.4) is 0 Å². The molecule has 0 bridgehead atoms. The van der Waals surface area contributed by atoms with Crippen LogP contribution in [0.15, 0.2) is 48.5 Å². The Morgan fingerprint density at radius 2 is 1.68 bits per heavy atom. The van der Waals surface area contributed by atoms with E-state index in [1.54, 1.807) is 0 Å². The minimum absolute atomic E-state index is 0.0807. The monoisotopic (exact) mass is 530 g/mol.